The predicted octanol–water partition coefficient (Wildman–Crippen LogP) is 2.74. The van der Waals surface area contributed by atoms with Crippen LogP contribution in [0.5, 0.6) is 0 Å². The summed E-state index contributed by atoms with van der Waals surface area (Å²) in [6.45, 7) is 2.93. The Kier molecular flexibility index (Phi) is 4.48. The molecule has 5 rings (SSSR count). The van der Waals surface area contributed by atoms with Crippen molar-refractivity contribution in [3.63, 3.8) is 0 Å². The number of pyridine rings is 2. The van der Waals surface area contributed by atoms with Crippen molar-refractivity contribution in [1.29, 1.82) is 0 Å². The molecule has 0 radical (unpaired) electrons. The van der Waals surface area contributed by atoms with Crippen LogP contribution in [0.25, 0.3) is 11.0 Å². The van der Waals surface area contributed by atoms with E-state index in [-0.39, 0.29) is 5.56 Å². The van der Waals surface area contributed by atoms with Gasteiger partial charge in [0.05, 0.1) is 18.6 Å². The first kappa shape index (κ1) is 17.8. The average molecular weight is 385 g/mol. The molecular formula is C23H23N5O. The van der Waals surface area contributed by atoms with E-state index in [1.807, 2.05) is 29.9 Å². The van der Waals surface area contributed by atoms with Crippen LogP contribution in [-0.2, 0) is 33.1 Å². The van der Waals surface area contributed by atoms with Crippen LogP contribution in [0.1, 0.15) is 22.4 Å². The topological polar surface area (TPSA) is 56.0 Å². The summed E-state index contributed by atoms with van der Waals surface area (Å²) in [5.74, 6) is 0. The van der Waals surface area contributed by atoms with Gasteiger partial charge in [-0.3, -0.25) is 14.3 Å². The first-order valence-electron chi connectivity index (χ1n) is 9.91. The number of rotatable bonds is 4. The number of aromatic nitrogens is 4. The van der Waals surface area contributed by atoms with Crippen molar-refractivity contribution in [2.24, 2.45) is 7.05 Å². The van der Waals surface area contributed by atoms with E-state index in [2.05, 4.69) is 45.2 Å². The number of nitrogens with zero attached hydrogens (tertiary/aromatic N) is 5. The Labute approximate surface area is 169 Å². The minimum absolute atomic E-state index is 0.0603. The molecule has 6 nitrogen and oxygen atoms in total. The highest BCUT2D eigenvalue weighted by Crippen LogP contribution is 2.25. The third-order valence-corrected chi connectivity index (χ3v) is 5.78. The molecule has 0 unspecified atom stereocenters. The van der Waals surface area contributed by atoms with Crippen LogP contribution < -0.4 is 5.56 Å². The van der Waals surface area contributed by atoms with Crippen molar-refractivity contribution in [3.8, 4) is 0 Å². The SMILES string of the molecule is Cn1cncc1Cn1c(=O)c2c(c3cccnc31)CCN(Cc1ccccc1)C2. The molecule has 0 amide bonds. The molecule has 0 N–H and O–H groups in total. The molecule has 0 atom stereocenters. The largest absolute Gasteiger partial charge is 0.336 e. The molecule has 0 bridgehead atoms. The fourth-order valence-electron chi connectivity index (χ4n) is 4.24. The predicted molar refractivity (Wildman–Crippen MR) is 113 cm³/mol. The Bertz CT molecular complexity index is 1230. The van der Waals surface area contributed by atoms with E-state index in [1.165, 1.54) is 5.56 Å². The second kappa shape index (κ2) is 7.29. The monoisotopic (exact) mass is 385 g/mol. The van der Waals surface area contributed by atoms with Gasteiger partial charge in [0.1, 0.15) is 5.65 Å². The highest BCUT2D eigenvalue weighted by molar-refractivity contribution is 5.80. The minimum Gasteiger partial charge on any atom is -0.336 e. The van der Waals surface area contributed by atoms with Crippen molar-refractivity contribution in [2.45, 2.75) is 26.1 Å². The fraction of sp³-hybridized carbons (Fsp3) is 0.261. The van der Waals surface area contributed by atoms with Crippen LogP contribution in [0.3, 0.4) is 0 Å². The Hall–Kier alpha value is -3.25. The van der Waals surface area contributed by atoms with Crippen LogP contribution >= 0.6 is 0 Å². The molecule has 0 saturated heterocycles. The lowest BCUT2D eigenvalue weighted by Gasteiger charge is -2.30. The maximum absolute atomic E-state index is 13.5. The quantitative estimate of drug-likeness (QED) is 0.542. The van der Waals surface area contributed by atoms with Gasteiger partial charge in [0.15, 0.2) is 0 Å². The van der Waals surface area contributed by atoms with Crippen LogP contribution in [0.15, 0.2) is 66.0 Å². The van der Waals surface area contributed by atoms with Gasteiger partial charge < -0.3 is 4.57 Å². The molecule has 1 aliphatic rings. The van der Waals surface area contributed by atoms with Gasteiger partial charge in [-0.15, -0.1) is 0 Å². The normalized spacial score (nSPS) is 14.2. The van der Waals surface area contributed by atoms with Gasteiger partial charge in [0.2, 0.25) is 0 Å². The fourth-order valence-corrected chi connectivity index (χ4v) is 4.24. The number of benzene rings is 1. The van der Waals surface area contributed by atoms with E-state index in [9.17, 15) is 4.79 Å². The molecule has 29 heavy (non-hydrogen) atoms. The summed E-state index contributed by atoms with van der Waals surface area (Å²) in [5.41, 5.74) is 5.13. The van der Waals surface area contributed by atoms with Crippen LogP contribution in [-0.4, -0.2) is 30.5 Å². The lowest BCUT2D eigenvalue weighted by atomic mass is 9.97. The van der Waals surface area contributed by atoms with E-state index in [0.29, 0.717) is 13.1 Å². The lowest BCUT2D eigenvalue weighted by Crippen LogP contribution is -2.37. The Morgan fingerprint density at radius 1 is 1.03 bits per heavy atom. The lowest BCUT2D eigenvalue weighted by molar-refractivity contribution is 0.244. The van der Waals surface area contributed by atoms with E-state index in [0.717, 1.165) is 47.4 Å². The van der Waals surface area contributed by atoms with Crippen molar-refractivity contribution in [2.75, 3.05) is 6.54 Å². The summed E-state index contributed by atoms with van der Waals surface area (Å²) < 4.78 is 3.75. The van der Waals surface area contributed by atoms with E-state index < -0.39 is 0 Å². The van der Waals surface area contributed by atoms with Gasteiger partial charge in [-0.1, -0.05) is 30.3 Å². The molecule has 0 spiro atoms. The molecule has 4 heterocycles. The molecule has 3 aromatic heterocycles. The number of hydrogen-bond acceptors (Lipinski definition) is 4. The Balaban J connectivity index is 1.58. The summed E-state index contributed by atoms with van der Waals surface area (Å²) in [7, 11) is 1.95. The second-order valence-electron chi connectivity index (χ2n) is 7.67. The molecule has 1 aromatic carbocycles. The molecule has 6 heteroatoms. The number of imidazole rings is 1. The molecule has 0 saturated carbocycles. The van der Waals surface area contributed by atoms with Crippen molar-refractivity contribution in [3.05, 3.63) is 93.9 Å². The smallest absolute Gasteiger partial charge is 0.257 e. The minimum atomic E-state index is 0.0603. The van der Waals surface area contributed by atoms with Gasteiger partial charge in [-0.05, 0) is 29.7 Å². The zero-order valence-electron chi connectivity index (χ0n) is 16.5. The third-order valence-electron chi connectivity index (χ3n) is 5.78. The summed E-state index contributed by atoms with van der Waals surface area (Å²) >= 11 is 0. The Morgan fingerprint density at radius 2 is 1.90 bits per heavy atom. The summed E-state index contributed by atoms with van der Waals surface area (Å²) in [6, 6.07) is 14.5. The molecule has 1 aliphatic heterocycles. The van der Waals surface area contributed by atoms with Crippen molar-refractivity contribution < 1.29 is 0 Å². The first-order chi connectivity index (χ1) is 14.2. The van der Waals surface area contributed by atoms with Gasteiger partial charge in [-0.2, -0.15) is 0 Å². The zero-order valence-corrected chi connectivity index (χ0v) is 16.5. The highest BCUT2D eigenvalue weighted by atomic mass is 16.1. The van der Waals surface area contributed by atoms with E-state index in [1.54, 1.807) is 17.1 Å². The van der Waals surface area contributed by atoms with Gasteiger partial charge >= 0.3 is 0 Å². The van der Waals surface area contributed by atoms with E-state index >= 15 is 0 Å². The highest BCUT2D eigenvalue weighted by Gasteiger charge is 2.24. The third kappa shape index (κ3) is 3.25. The summed E-state index contributed by atoms with van der Waals surface area (Å²) in [4.78, 5) is 24.6. The zero-order chi connectivity index (χ0) is 19.8. The van der Waals surface area contributed by atoms with Crippen molar-refractivity contribution >= 4 is 11.0 Å². The second-order valence-corrected chi connectivity index (χ2v) is 7.67. The van der Waals surface area contributed by atoms with E-state index in [4.69, 9.17) is 0 Å². The first-order valence-corrected chi connectivity index (χ1v) is 9.91. The maximum Gasteiger partial charge on any atom is 0.257 e. The van der Waals surface area contributed by atoms with Crippen LogP contribution in [0.2, 0.25) is 0 Å². The molecular weight excluding hydrogens is 362 g/mol. The standard InChI is InChI=1S/C23H23N5O/c1-26-16-24-12-18(26)14-28-22-20(8-5-10-25-22)19-9-11-27(15-21(19)23(28)29)13-17-6-3-2-4-7-17/h2-8,10,12,16H,9,11,13-15H2,1H3. The molecule has 0 aliphatic carbocycles. The van der Waals surface area contributed by atoms with Gasteiger partial charge in [-0.25, -0.2) is 9.97 Å². The van der Waals surface area contributed by atoms with Crippen LogP contribution in [0.4, 0.5) is 0 Å². The number of aryl methyl sites for hydroxylation is 1. The summed E-state index contributed by atoms with van der Waals surface area (Å²) in [6.07, 6.45) is 6.20. The summed E-state index contributed by atoms with van der Waals surface area (Å²) in [5, 5.41) is 1.09. The molecule has 146 valence electrons. The van der Waals surface area contributed by atoms with Gasteiger partial charge in [0, 0.05) is 50.0 Å². The van der Waals surface area contributed by atoms with Gasteiger partial charge in [0.25, 0.3) is 5.56 Å². The van der Waals surface area contributed by atoms with Crippen LogP contribution in [0, 0.1) is 0 Å². The molecule has 4 aromatic rings. The Morgan fingerprint density at radius 3 is 2.69 bits per heavy atom. The average Bonchev–Trinajstić information content (AvgIpc) is 3.16. The maximum atomic E-state index is 13.5. The van der Waals surface area contributed by atoms with Crippen molar-refractivity contribution in [1.82, 2.24) is 24.0 Å². The number of hydrogen-bond donors (Lipinski definition) is 0. The molecule has 0 fully saturated rings. The number of fused-ring (bicyclic) bond motifs is 3.